The van der Waals surface area contributed by atoms with Crippen molar-refractivity contribution in [1.29, 1.82) is 0 Å². The molecule has 0 saturated heterocycles. The molecule has 0 saturated carbocycles. The van der Waals surface area contributed by atoms with E-state index >= 15 is 0 Å². The molecular formula is C14H18ClN3O3. The van der Waals surface area contributed by atoms with Crippen LogP contribution in [0.5, 0.6) is 0 Å². The first kappa shape index (κ1) is 15.4. The molecule has 7 heteroatoms. The predicted octanol–water partition coefficient (Wildman–Crippen LogP) is 2.60. The number of amides is 2. The fourth-order valence-electron chi connectivity index (χ4n) is 1.86. The third kappa shape index (κ3) is 4.26. The molecule has 1 atom stereocenters. The molecule has 2 rings (SSSR count). The lowest BCUT2D eigenvalue weighted by Crippen LogP contribution is -2.48. The highest BCUT2D eigenvalue weighted by atomic mass is 35.5. The number of carbonyl (C=O) groups is 2. The third-order valence-electron chi connectivity index (χ3n) is 2.74. The van der Waals surface area contributed by atoms with Crippen LogP contribution in [-0.4, -0.2) is 30.2 Å². The minimum Gasteiger partial charge on any atom is -0.444 e. The first-order valence-corrected chi connectivity index (χ1v) is 6.96. The van der Waals surface area contributed by atoms with Crippen molar-refractivity contribution in [2.24, 2.45) is 0 Å². The Balaban J connectivity index is 2.05. The first-order valence-electron chi connectivity index (χ1n) is 6.58. The summed E-state index contributed by atoms with van der Waals surface area (Å²) >= 11 is 5.92. The van der Waals surface area contributed by atoms with Crippen molar-refractivity contribution in [2.75, 3.05) is 17.2 Å². The topological polar surface area (TPSA) is 79.5 Å². The van der Waals surface area contributed by atoms with Crippen LogP contribution in [0.3, 0.4) is 0 Å². The number of nitrogens with one attached hydrogen (secondary N) is 3. The van der Waals surface area contributed by atoms with Gasteiger partial charge < -0.3 is 20.7 Å². The summed E-state index contributed by atoms with van der Waals surface area (Å²) < 4.78 is 5.15. The second kappa shape index (κ2) is 5.81. The molecule has 1 aliphatic rings. The van der Waals surface area contributed by atoms with Crippen LogP contribution in [0, 0.1) is 0 Å². The van der Waals surface area contributed by atoms with Crippen LogP contribution in [0.15, 0.2) is 18.2 Å². The average molecular weight is 312 g/mol. The quantitative estimate of drug-likeness (QED) is 0.745. The van der Waals surface area contributed by atoms with Gasteiger partial charge in [0.2, 0.25) is 5.91 Å². The van der Waals surface area contributed by atoms with Gasteiger partial charge in [-0.05, 0) is 39.0 Å². The van der Waals surface area contributed by atoms with Crippen molar-refractivity contribution in [3.8, 4) is 0 Å². The summed E-state index contributed by atoms with van der Waals surface area (Å²) in [4.78, 5) is 23.9. The number of alkyl carbamates (subject to hydrolysis) is 1. The maximum absolute atomic E-state index is 12.1. The van der Waals surface area contributed by atoms with Crippen LogP contribution in [0.4, 0.5) is 16.2 Å². The maximum Gasteiger partial charge on any atom is 0.408 e. The number of hydrogen-bond acceptors (Lipinski definition) is 4. The number of carbonyl (C=O) groups excluding carboxylic acids is 2. The standard InChI is InChI=1S/C14H18ClN3O3/c1-14(2,3)21-13(20)18-11-7-16-10-6-8(15)4-5-9(10)17-12(11)19/h4-6,11,16H,7H2,1-3H3,(H,17,19)(H,18,20). The van der Waals surface area contributed by atoms with E-state index in [-0.39, 0.29) is 12.5 Å². The van der Waals surface area contributed by atoms with Crippen LogP contribution in [0.2, 0.25) is 5.02 Å². The number of anilines is 2. The molecule has 1 aromatic carbocycles. The Morgan fingerprint density at radius 2 is 2.10 bits per heavy atom. The Morgan fingerprint density at radius 3 is 2.76 bits per heavy atom. The molecule has 0 radical (unpaired) electrons. The number of ether oxygens (including phenoxy) is 1. The predicted molar refractivity (Wildman–Crippen MR) is 81.7 cm³/mol. The highest BCUT2D eigenvalue weighted by Crippen LogP contribution is 2.27. The third-order valence-corrected chi connectivity index (χ3v) is 2.98. The van der Waals surface area contributed by atoms with Gasteiger partial charge in [-0.15, -0.1) is 0 Å². The van der Waals surface area contributed by atoms with Crippen molar-refractivity contribution >= 4 is 35.0 Å². The molecule has 6 nitrogen and oxygen atoms in total. The molecule has 0 bridgehead atoms. The Kier molecular flexibility index (Phi) is 4.27. The van der Waals surface area contributed by atoms with Gasteiger partial charge in [0.05, 0.1) is 11.4 Å². The normalized spacial score (nSPS) is 17.9. The number of fused-ring (bicyclic) bond motifs is 1. The SMILES string of the molecule is CC(C)(C)OC(=O)NC1CNc2cc(Cl)ccc2NC1=O. The van der Waals surface area contributed by atoms with Crippen molar-refractivity contribution in [1.82, 2.24) is 5.32 Å². The van der Waals surface area contributed by atoms with E-state index in [0.29, 0.717) is 16.4 Å². The summed E-state index contributed by atoms with van der Waals surface area (Å²) in [6, 6.07) is 4.38. The lowest BCUT2D eigenvalue weighted by molar-refractivity contribution is -0.117. The highest BCUT2D eigenvalue weighted by molar-refractivity contribution is 6.31. The van der Waals surface area contributed by atoms with Gasteiger partial charge in [-0.2, -0.15) is 0 Å². The Labute approximate surface area is 128 Å². The van der Waals surface area contributed by atoms with Crippen molar-refractivity contribution in [2.45, 2.75) is 32.4 Å². The molecule has 0 spiro atoms. The van der Waals surface area contributed by atoms with E-state index in [9.17, 15) is 9.59 Å². The minimum absolute atomic E-state index is 0.248. The Hall–Kier alpha value is -1.95. The van der Waals surface area contributed by atoms with Gasteiger partial charge in [0.25, 0.3) is 0 Å². The lowest BCUT2D eigenvalue weighted by atomic mass is 10.2. The highest BCUT2D eigenvalue weighted by Gasteiger charge is 2.27. The number of hydrogen-bond donors (Lipinski definition) is 3. The van der Waals surface area contributed by atoms with Crippen LogP contribution >= 0.6 is 11.6 Å². The van der Waals surface area contributed by atoms with Crippen molar-refractivity contribution < 1.29 is 14.3 Å². The molecule has 0 aromatic heterocycles. The second-order valence-corrected chi connectivity index (χ2v) is 6.20. The molecule has 0 aliphatic carbocycles. The van der Waals surface area contributed by atoms with Gasteiger partial charge in [0.15, 0.2) is 0 Å². The van der Waals surface area contributed by atoms with Crippen LogP contribution < -0.4 is 16.0 Å². The first-order chi connectivity index (χ1) is 9.74. The Morgan fingerprint density at radius 1 is 1.38 bits per heavy atom. The van der Waals surface area contributed by atoms with E-state index in [2.05, 4.69) is 16.0 Å². The molecule has 1 aliphatic heterocycles. The van der Waals surface area contributed by atoms with Crippen LogP contribution in [0.1, 0.15) is 20.8 Å². The van der Waals surface area contributed by atoms with Gasteiger partial charge in [0.1, 0.15) is 11.6 Å². The van der Waals surface area contributed by atoms with E-state index in [0.717, 1.165) is 0 Å². The smallest absolute Gasteiger partial charge is 0.408 e. The molecule has 21 heavy (non-hydrogen) atoms. The van der Waals surface area contributed by atoms with E-state index < -0.39 is 17.7 Å². The minimum atomic E-state index is -0.731. The average Bonchev–Trinajstić information content (AvgIpc) is 2.48. The maximum atomic E-state index is 12.1. The zero-order valence-electron chi connectivity index (χ0n) is 12.1. The second-order valence-electron chi connectivity index (χ2n) is 5.76. The monoisotopic (exact) mass is 311 g/mol. The molecule has 3 N–H and O–H groups in total. The summed E-state index contributed by atoms with van der Waals surface area (Å²) in [6.07, 6.45) is -0.631. The molecule has 114 valence electrons. The zero-order valence-corrected chi connectivity index (χ0v) is 12.9. The lowest BCUT2D eigenvalue weighted by Gasteiger charge is -2.22. The van der Waals surface area contributed by atoms with Gasteiger partial charge in [-0.25, -0.2) is 4.79 Å². The molecule has 0 fully saturated rings. The van der Waals surface area contributed by atoms with Gasteiger partial charge in [-0.3, -0.25) is 4.79 Å². The van der Waals surface area contributed by atoms with E-state index in [1.165, 1.54) is 0 Å². The van der Waals surface area contributed by atoms with Gasteiger partial charge >= 0.3 is 6.09 Å². The summed E-state index contributed by atoms with van der Waals surface area (Å²) in [5.74, 6) is -0.311. The number of rotatable bonds is 1. The van der Waals surface area contributed by atoms with E-state index in [4.69, 9.17) is 16.3 Å². The molecule has 2 amide bonds. The molecular weight excluding hydrogens is 294 g/mol. The molecule has 1 heterocycles. The van der Waals surface area contributed by atoms with Crippen LogP contribution in [-0.2, 0) is 9.53 Å². The fraction of sp³-hybridized carbons (Fsp3) is 0.429. The Bertz CT molecular complexity index is 569. The fourth-order valence-corrected chi connectivity index (χ4v) is 2.03. The molecule has 1 unspecified atom stereocenters. The van der Waals surface area contributed by atoms with Crippen LogP contribution in [0.25, 0.3) is 0 Å². The molecule has 1 aromatic rings. The number of halogens is 1. The summed E-state index contributed by atoms with van der Waals surface area (Å²) in [5, 5.41) is 8.92. The summed E-state index contributed by atoms with van der Waals surface area (Å²) in [5.41, 5.74) is 0.720. The zero-order chi connectivity index (χ0) is 15.6. The largest absolute Gasteiger partial charge is 0.444 e. The van der Waals surface area contributed by atoms with Gasteiger partial charge in [0, 0.05) is 11.6 Å². The van der Waals surface area contributed by atoms with Crippen molar-refractivity contribution in [3.05, 3.63) is 23.2 Å². The van der Waals surface area contributed by atoms with E-state index in [1.807, 2.05) is 0 Å². The van der Waals surface area contributed by atoms with Crippen molar-refractivity contribution in [3.63, 3.8) is 0 Å². The summed E-state index contributed by atoms with van der Waals surface area (Å²) in [7, 11) is 0. The van der Waals surface area contributed by atoms with E-state index in [1.54, 1.807) is 39.0 Å². The van der Waals surface area contributed by atoms with Gasteiger partial charge in [-0.1, -0.05) is 11.6 Å². The number of benzene rings is 1. The summed E-state index contributed by atoms with van der Waals surface area (Å²) in [6.45, 7) is 5.53.